The van der Waals surface area contributed by atoms with Gasteiger partial charge < -0.3 is 19.2 Å². The molecule has 2 aromatic heterocycles. The molecule has 25 heavy (non-hydrogen) atoms. The van der Waals surface area contributed by atoms with E-state index < -0.39 is 0 Å². The lowest BCUT2D eigenvalue weighted by atomic mass is 10.1. The van der Waals surface area contributed by atoms with Gasteiger partial charge in [-0.25, -0.2) is 9.97 Å². The average molecular weight is 328 g/mol. The molecule has 0 aromatic carbocycles. The quantitative estimate of drug-likeness (QED) is 0.794. The molecular weight excluding hydrogens is 310 g/mol. The summed E-state index contributed by atoms with van der Waals surface area (Å²) in [5.74, 6) is 1.82. The molecule has 0 atom stereocenters. The van der Waals surface area contributed by atoms with Gasteiger partial charge in [-0.2, -0.15) is 0 Å². The predicted octanol–water partition coefficient (Wildman–Crippen LogP) is 1.58. The minimum absolute atomic E-state index is 0.697. The van der Waals surface area contributed by atoms with Gasteiger partial charge in [0.05, 0.1) is 0 Å². The second-order valence-electron chi connectivity index (χ2n) is 6.12. The molecule has 0 fully saturated rings. The third-order valence-corrected chi connectivity index (χ3v) is 4.01. The number of anilines is 2. The minimum atomic E-state index is 0.697. The standard InChI is InChI=1S/C17H18B2N6/c1-22-9-11-24(18-22)16-7-3-5-14(20-16)13-15-6-4-8-17(21-15)25-12-10-23(2)19-25/h3-12H,13H2,1-2H3. The molecule has 2 aliphatic rings. The first kappa shape index (κ1) is 15.6. The van der Waals surface area contributed by atoms with E-state index >= 15 is 0 Å². The summed E-state index contributed by atoms with van der Waals surface area (Å²) < 4.78 is 0. The number of rotatable bonds is 4. The molecule has 0 spiro atoms. The summed E-state index contributed by atoms with van der Waals surface area (Å²) in [5, 5.41) is 0. The second-order valence-corrected chi connectivity index (χ2v) is 6.12. The van der Waals surface area contributed by atoms with Gasteiger partial charge in [-0.05, 0) is 38.4 Å². The summed E-state index contributed by atoms with van der Waals surface area (Å²) in [5.41, 5.74) is 1.99. The summed E-state index contributed by atoms with van der Waals surface area (Å²) in [4.78, 5) is 17.5. The summed E-state index contributed by atoms with van der Waals surface area (Å²) >= 11 is 0. The lowest BCUT2D eigenvalue weighted by Gasteiger charge is -2.17. The van der Waals surface area contributed by atoms with Crippen LogP contribution < -0.4 is 9.62 Å². The van der Waals surface area contributed by atoms with E-state index in [9.17, 15) is 0 Å². The van der Waals surface area contributed by atoms with Crippen molar-refractivity contribution in [1.29, 1.82) is 0 Å². The van der Waals surface area contributed by atoms with Crippen LogP contribution in [0.2, 0.25) is 0 Å². The Morgan fingerprint density at radius 3 is 1.60 bits per heavy atom. The molecule has 0 N–H and O–H groups in total. The molecule has 4 heterocycles. The maximum Gasteiger partial charge on any atom is 0.396 e. The van der Waals surface area contributed by atoms with E-state index in [0.717, 1.165) is 23.0 Å². The van der Waals surface area contributed by atoms with E-state index in [-0.39, 0.29) is 0 Å². The SMILES string of the molecule is CN1[B]N(c2cccc(Cc3cccc(N4[B]N(C)C=C4)n3)n2)C=C1. The summed E-state index contributed by atoms with van der Waals surface area (Å²) in [6.07, 6.45) is 8.68. The van der Waals surface area contributed by atoms with E-state index in [4.69, 9.17) is 9.97 Å². The first-order valence-corrected chi connectivity index (χ1v) is 8.16. The highest BCUT2D eigenvalue weighted by Gasteiger charge is 2.17. The summed E-state index contributed by atoms with van der Waals surface area (Å²) in [6, 6.07) is 12.2. The van der Waals surface area contributed by atoms with Gasteiger partial charge in [-0.1, -0.05) is 12.1 Å². The van der Waals surface area contributed by atoms with E-state index in [1.54, 1.807) is 0 Å². The summed E-state index contributed by atoms with van der Waals surface area (Å²) in [7, 11) is 7.99. The van der Waals surface area contributed by atoms with Gasteiger partial charge in [0.1, 0.15) is 11.6 Å². The highest BCUT2D eigenvalue weighted by atomic mass is 15.2. The van der Waals surface area contributed by atoms with E-state index in [0.29, 0.717) is 6.42 Å². The highest BCUT2D eigenvalue weighted by molar-refractivity contribution is 6.40. The van der Waals surface area contributed by atoms with Crippen molar-refractivity contribution in [2.45, 2.75) is 6.42 Å². The molecular formula is C17H18B2N6. The molecule has 8 heteroatoms. The van der Waals surface area contributed by atoms with Crippen LogP contribution in [-0.2, 0) is 6.42 Å². The Morgan fingerprint density at radius 1 is 0.720 bits per heavy atom. The first-order valence-electron chi connectivity index (χ1n) is 8.16. The molecule has 2 radical (unpaired) electrons. The lowest BCUT2D eigenvalue weighted by molar-refractivity contribution is 0.746. The Labute approximate surface area is 149 Å². The normalized spacial score (nSPS) is 15.8. The molecule has 0 saturated carbocycles. The van der Waals surface area contributed by atoms with Crippen LogP contribution in [0.25, 0.3) is 0 Å². The molecule has 0 bridgehead atoms. The Kier molecular flexibility index (Phi) is 4.09. The fraction of sp³-hybridized carbons (Fsp3) is 0.176. The van der Waals surface area contributed by atoms with Crippen LogP contribution in [0.15, 0.2) is 61.2 Å². The molecule has 2 aliphatic heterocycles. The molecule has 0 saturated heterocycles. The second kappa shape index (κ2) is 6.55. The smallest absolute Gasteiger partial charge is 0.396 e. The molecule has 122 valence electrons. The Morgan fingerprint density at radius 2 is 1.20 bits per heavy atom. The average Bonchev–Trinajstić information content (AvgIpc) is 3.24. The van der Waals surface area contributed by atoms with Crippen LogP contribution in [0, 0.1) is 0 Å². The Balaban J connectivity index is 1.51. The Hall–Kier alpha value is -2.89. The third kappa shape index (κ3) is 3.47. The number of hydrogen-bond acceptors (Lipinski definition) is 6. The van der Waals surface area contributed by atoms with Crippen LogP contribution >= 0.6 is 0 Å². The van der Waals surface area contributed by atoms with Gasteiger partial charge in [-0.15, -0.1) is 0 Å². The zero-order valence-electron chi connectivity index (χ0n) is 14.3. The van der Waals surface area contributed by atoms with Crippen LogP contribution in [-0.4, -0.2) is 48.8 Å². The van der Waals surface area contributed by atoms with Gasteiger partial charge in [0, 0.05) is 42.6 Å². The predicted molar refractivity (Wildman–Crippen MR) is 102 cm³/mol. The van der Waals surface area contributed by atoms with Gasteiger partial charge in [0.2, 0.25) is 0 Å². The maximum atomic E-state index is 4.76. The number of aromatic nitrogens is 2. The van der Waals surface area contributed by atoms with Crippen molar-refractivity contribution >= 4 is 26.7 Å². The van der Waals surface area contributed by atoms with E-state index in [1.807, 2.05) is 110 Å². The van der Waals surface area contributed by atoms with E-state index in [2.05, 4.69) is 0 Å². The van der Waals surface area contributed by atoms with Gasteiger partial charge in [-0.3, -0.25) is 0 Å². The topological polar surface area (TPSA) is 38.7 Å². The fourth-order valence-corrected chi connectivity index (χ4v) is 2.78. The van der Waals surface area contributed by atoms with Crippen LogP contribution in [0.5, 0.6) is 0 Å². The van der Waals surface area contributed by atoms with Gasteiger partial charge >= 0.3 is 15.1 Å². The number of pyridine rings is 2. The van der Waals surface area contributed by atoms with Crippen molar-refractivity contribution in [2.75, 3.05) is 23.7 Å². The van der Waals surface area contributed by atoms with E-state index in [1.165, 1.54) is 0 Å². The molecule has 0 unspecified atom stereocenters. The first-order chi connectivity index (χ1) is 12.2. The molecule has 4 rings (SSSR count). The molecule has 0 aliphatic carbocycles. The summed E-state index contributed by atoms with van der Waals surface area (Å²) in [6.45, 7) is 0. The molecule has 0 amide bonds. The lowest BCUT2D eigenvalue weighted by Crippen LogP contribution is -2.27. The highest BCUT2D eigenvalue weighted by Crippen LogP contribution is 2.19. The molecule has 6 nitrogen and oxygen atoms in total. The van der Waals surface area contributed by atoms with Crippen molar-refractivity contribution in [2.24, 2.45) is 0 Å². The van der Waals surface area contributed by atoms with Gasteiger partial charge in [0.25, 0.3) is 0 Å². The number of hydrogen-bond donors (Lipinski definition) is 0. The van der Waals surface area contributed by atoms with Crippen molar-refractivity contribution < 1.29 is 0 Å². The van der Waals surface area contributed by atoms with Crippen LogP contribution in [0.3, 0.4) is 0 Å². The van der Waals surface area contributed by atoms with Crippen molar-refractivity contribution in [3.05, 3.63) is 72.6 Å². The monoisotopic (exact) mass is 328 g/mol. The zero-order valence-corrected chi connectivity index (χ0v) is 14.3. The van der Waals surface area contributed by atoms with Crippen LogP contribution in [0.4, 0.5) is 11.6 Å². The van der Waals surface area contributed by atoms with Crippen molar-refractivity contribution in [1.82, 2.24) is 19.6 Å². The van der Waals surface area contributed by atoms with Crippen LogP contribution in [0.1, 0.15) is 11.4 Å². The maximum absolute atomic E-state index is 4.76. The zero-order chi connectivity index (χ0) is 17.2. The largest absolute Gasteiger partial charge is 0.406 e. The minimum Gasteiger partial charge on any atom is -0.406 e. The fourth-order valence-electron chi connectivity index (χ4n) is 2.78. The third-order valence-electron chi connectivity index (χ3n) is 4.01. The van der Waals surface area contributed by atoms with Gasteiger partial charge in [0.15, 0.2) is 0 Å². The molecule has 2 aromatic rings. The Bertz CT molecular complexity index is 757. The number of nitrogens with zero attached hydrogens (tertiary/aromatic N) is 6. The van der Waals surface area contributed by atoms with Crippen molar-refractivity contribution in [3.63, 3.8) is 0 Å². The van der Waals surface area contributed by atoms with Crippen molar-refractivity contribution in [3.8, 4) is 0 Å².